The van der Waals surface area contributed by atoms with Gasteiger partial charge in [-0.15, -0.1) is 0 Å². The van der Waals surface area contributed by atoms with Gasteiger partial charge in [0.1, 0.15) is 5.82 Å². The van der Waals surface area contributed by atoms with Crippen LogP contribution in [0.3, 0.4) is 0 Å². The molecule has 16 heavy (non-hydrogen) atoms. The van der Waals surface area contributed by atoms with Crippen molar-refractivity contribution in [3.63, 3.8) is 0 Å². The van der Waals surface area contributed by atoms with Gasteiger partial charge in [-0.2, -0.15) is 0 Å². The molecule has 1 rings (SSSR count). The number of hydrogen-bond acceptors (Lipinski definition) is 5. The van der Waals surface area contributed by atoms with Crippen molar-refractivity contribution >= 4 is 27.4 Å². The molecule has 8 heteroatoms. The van der Waals surface area contributed by atoms with Crippen LogP contribution in [0.5, 0.6) is 0 Å². The van der Waals surface area contributed by atoms with Crippen molar-refractivity contribution in [3.8, 4) is 0 Å². The molecule has 1 heterocycles. The van der Waals surface area contributed by atoms with Crippen LogP contribution in [-0.4, -0.2) is 30.7 Å². The van der Waals surface area contributed by atoms with Crippen molar-refractivity contribution in [1.29, 1.82) is 0 Å². The van der Waals surface area contributed by atoms with Crippen LogP contribution in [0.2, 0.25) is 5.28 Å². The lowest BCUT2D eigenvalue weighted by Gasteiger charge is -2.07. The molecule has 0 aromatic carbocycles. The topological polar surface area (TPSA) is 98.0 Å². The van der Waals surface area contributed by atoms with Gasteiger partial charge >= 0.3 is 0 Å². The summed E-state index contributed by atoms with van der Waals surface area (Å²) < 4.78 is 21.3. The fourth-order valence-electron chi connectivity index (χ4n) is 1.08. The van der Waals surface area contributed by atoms with E-state index in [1.807, 2.05) is 6.92 Å². The molecule has 0 aliphatic carbocycles. The Labute approximate surface area is 99.3 Å². The Morgan fingerprint density at radius 1 is 1.56 bits per heavy atom. The van der Waals surface area contributed by atoms with E-state index in [4.69, 9.17) is 16.7 Å². The third kappa shape index (κ3) is 4.73. The first-order valence-electron chi connectivity index (χ1n) is 4.62. The van der Waals surface area contributed by atoms with E-state index in [2.05, 4.69) is 15.3 Å². The number of hydrogen-bond donors (Lipinski definition) is 2. The predicted molar refractivity (Wildman–Crippen MR) is 62.9 cm³/mol. The first-order valence-corrected chi connectivity index (χ1v) is 6.71. The summed E-state index contributed by atoms with van der Waals surface area (Å²) >= 11 is 5.62. The Morgan fingerprint density at radius 2 is 2.25 bits per heavy atom. The molecule has 0 atom stereocenters. The number of sulfonamides is 1. The molecule has 0 spiro atoms. The summed E-state index contributed by atoms with van der Waals surface area (Å²) in [5, 5.41) is 7.99. The first-order chi connectivity index (χ1) is 7.38. The van der Waals surface area contributed by atoms with Gasteiger partial charge in [-0.25, -0.2) is 23.5 Å². The fraction of sp³-hybridized carbons (Fsp3) is 0.500. The molecule has 3 N–H and O–H groups in total. The van der Waals surface area contributed by atoms with Crippen molar-refractivity contribution in [2.75, 3.05) is 17.6 Å². The number of nitrogens with one attached hydrogen (secondary N) is 1. The molecule has 1 aromatic heterocycles. The van der Waals surface area contributed by atoms with Crippen LogP contribution < -0.4 is 10.5 Å². The van der Waals surface area contributed by atoms with Crippen LogP contribution in [0.1, 0.15) is 12.0 Å². The summed E-state index contributed by atoms with van der Waals surface area (Å²) in [6.45, 7) is 2.29. The van der Waals surface area contributed by atoms with Crippen LogP contribution in [-0.2, 0) is 10.0 Å². The molecule has 0 saturated heterocycles. The molecule has 0 unspecified atom stereocenters. The zero-order valence-electron chi connectivity index (χ0n) is 8.77. The van der Waals surface area contributed by atoms with Crippen LogP contribution >= 0.6 is 11.6 Å². The average Bonchev–Trinajstić information content (AvgIpc) is 2.16. The highest BCUT2D eigenvalue weighted by atomic mass is 35.5. The second-order valence-electron chi connectivity index (χ2n) is 3.32. The highest BCUT2D eigenvalue weighted by Gasteiger charge is 2.04. The van der Waals surface area contributed by atoms with Gasteiger partial charge < -0.3 is 5.32 Å². The van der Waals surface area contributed by atoms with Gasteiger partial charge in [0.05, 0.1) is 5.75 Å². The Balaban J connectivity index is 2.46. The van der Waals surface area contributed by atoms with Crippen molar-refractivity contribution in [2.45, 2.75) is 13.3 Å². The summed E-state index contributed by atoms with van der Waals surface area (Å²) in [4.78, 5) is 7.77. The van der Waals surface area contributed by atoms with E-state index in [-0.39, 0.29) is 11.0 Å². The minimum absolute atomic E-state index is 0.0577. The van der Waals surface area contributed by atoms with E-state index in [1.165, 1.54) is 0 Å². The van der Waals surface area contributed by atoms with Crippen molar-refractivity contribution in [2.24, 2.45) is 5.14 Å². The Hall–Kier alpha value is -0.920. The van der Waals surface area contributed by atoms with Crippen molar-refractivity contribution in [1.82, 2.24) is 9.97 Å². The van der Waals surface area contributed by atoms with Gasteiger partial charge in [-0.1, -0.05) is 0 Å². The zero-order chi connectivity index (χ0) is 12.2. The zero-order valence-corrected chi connectivity index (χ0v) is 10.3. The largest absolute Gasteiger partial charge is 0.370 e. The molecule has 0 bridgehead atoms. The lowest BCUT2D eigenvalue weighted by Crippen LogP contribution is -2.19. The lowest BCUT2D eigenvalue weighted by molar-refractivity contribution is 0.595. The molecular formula is C8H13ClN4O2S. The van der Waals surface area contributed by atoms with Gasteiger partial charge in [0.25, 0.3) is 0 Å². The Morgan fingerprint density at radius 3 is 2.88 bits per heavy atom. The van der Waals surface area contributed by atoms with Crippen molar-refractivity contribution < 1.29 is 8.42 Å². The number of halogens is 1. The summed E-state index contributed by atoms with van der Waals surface area (Å²) in [5.74, 6) is 0.548. The maximum atomic E-state index is 10.7. The van der Waals surface area contributed by atoms with Crippen LogP contribution in [0.25, 0.3) is 0 Å². The van der Waals surface area contributed by atoms with E-state index in [0.29, 0.717) is 18.8 Å². The van der Waals surface area contributed by atoms with E-state index >= 15 is 0 Å². The van der Waals surface area contributed by atoms with Gasteiger partial charge in [-0.05, 0) is 24.9 Å². The number of anilines is 1. The summed E-state index contributed by atoms with van der Waals surface area (Å²) in [5.41, 5.74) is 0.847. The first kappa shape index (κ1) is 13.1. The number of aryl methyl sites for hydroxylation is 1. The molecule has 0 aliphatic rings. The average molecular weight is 265 g/mol. The van der Waals surface area contributed by atoms with Gasteiger partial charge in [0.2, 0.25) is 15.3 Å². The van der Waals surface area contributed by atoms with Gasteiger partial charge in [0.15, 0.2) is 0 Å². The molecule has 0 fully saturated rings. The summed E-state index contributed by atoms with van der Waals surface area (Å²) in [7, 11) is -3.40. The highest BCUT2D eigenvalue weighted by molar-refractivity contribution is 7.89. The Kier molecular flexibility index (Phi) is 4.45. The second kappa shape index (κ2) is 5.42. The Bertz CT molecular complexity index is 463. The van der Waals surface area contributed by atoms with Gasteiger partial charge in [0, 0.05) is 18.3 Å². The molecule has 6 nitrogen and oxygen atoms in total. The monoisotopic (exact) mass is 264 g/mol. The molecule has 90 valence electrons. The molecular weight excluding hydrogens is 252 g/mol. The predicted octanol–water partition coefficient (Wildman–Crippen LogP) is 0.529. The third-order valence-electron chi connectivity index (χ3n) is 1.84. The third-order valence-corrected chi connectivity index (χ3v) is 2.88. The summed E-state index contributed by atoms with van der Waals surface area (Å²) in [6.07, 6.45) is 2.01. The second-order valence-corrected chi connectivity index (χ2v) is 5.39. The molecule has 0 amide bonds. The minimum atomic E-state index is -3.40. The van der Waals surface area contributed by atoms with Crippen LogP contribution in [0.15, 0.2) is 6.20 Å². The smallest absolute Gasteiger partial charge is 0.224 e. The number of nitrogens with two attached hydrogens (primary N) is 1. The number of primary sulfonamides is 1. The van der Waals surface area contributed by atoms with Crippen molar-refractivity contribution in [3.05, 3.63) is 17.0 Å². The maximum absolute atomic E-state index is 10.7. The number of rotatable bonds is 5. The quantitative estimate of drug-likeness (QED) is 0.597. The minimum Gasteiger partial charge on any atom is -0.370 e. The highest BCUT2D eigenvalue weighted by Crippen LogP contribution is 2.12. The normalized spacial score (nSPS) is 11.4. The van der Waals surface area contributed by atoms with Crippen LogP contribution in [0, 0.1) is 6.92 Å². The fourth-order valence-corrected chi connectivity index (χ4v) is 1.76. The van der Waals surface area contributed by atoms with Crippen LogP contribution in [0.4, 0.5) is 5.82 Å². The summed E-state index contributed by atoms with van der Waals surface area (Å²) in [6, 6.07) is 0. The van der Waals surface area contributed by atoms with Gasteiger partial charge in [-0.3, -0.25) is 0 Å². The number of aromatic nitrogens is 2. The van der Waals surface area contributed by atoms with E-state index < -0.39 is 10.0 Å². The molecule has 0 aliphatic heterocycles. The van der Waals surface area contributed by atoms with E-state index in [0.717, 1.165) is 5.56 Å². The van der Waals surface area contributed by atoms with E-state index in [1.54, 1.807) is 6.20 Å². The maximum Gasteiger partial charge on any atom is 0.224 e. The molecule has 0 radical (unpaired) electrons. The van der Waals surface area contributed by atoms with E-state index in [9.17, 15) is 8.42 Å². The SMILES string of the molecule is Cc1cnc(Cl)nc1NCCCS(N)(=O)=O. The lowest BCUT2D eigenvalue weighted by atomic mass is 10.3. The standard InChI is InChI=1S/C8H13ClN4O2S/c1-6-5-12-8(9)13-7(6)11-3-2-4-16(10,14)15/h5H,2-4H2,1H3,(H2,10,14,15)(H,11,12,13). The number of nitrogens with zero attached hydrogens (tertiary/aromatic N) is 2. The molecule has 0 saturated carbocycles. The molecule has 1 aromatic rings.